The fraction of sp³-hybridized carbons (Fsp3) is 0.120. The molecule has 1 amide bonds. The number of hydrogen-bond donors (Lipinski definition) is 2. The monoisotopic (exact) mass is 409 g/mol. The summed E-state index contributed by atoms with van der Waals surface area (Å²) in [6, 6.07) is 21.9. The number of carbonyl (C=O) groups excluding carboxylic acids is 1. The fourth-order valence-electron chi connectivity index (χ4n) is 3.95. The molecule has 6 nitrogen and oxygen atoms in total. The lowest BCUT2D eigenvalue weighted by atomic mass is 9.98. The van der Waals surface area contributed by atoms with Crippen molar-refractivity contribution in [2.75, 3.05) is 18.9 Å². The summed E-state index contributed by atoms with van der Waals surface area (Å²) >= 11 is 0. The van der Waals surface area contributed by atoms with E-state index in [0.29, 0.717) is 11.4 Å². The second kappa shape index (κ2) is 7.88. The molecule has 4 aromatic rings. The van der Waals surface area contributed by atoms with Crippen LogP contribution in [0.15, 0.2) is 71.3 Å². The Kier molecular flexibility index (Phi) is 4.77. The van der Waals surface area contributed by atoms with Gasteiger partial charge in [0.15, 0.2) is 11.4 Å². The summed E-state index contributed by atoms with van der Waals surface area (Å²) in [7, 11) is 0. The quantitative estimate of drug-likeness (QED) is 0.493. The number of carbonyl (C=O) groups is 1. The van der Waals surface area contributed by atoms with Crippen molar-refractivity contribution in [3.8, 4) is 23.0 Å². The average molecular weight is 409 g/mol. The van der Waals surface area contributed by atoms with Crippen LogP contribution in [-0.4, -0.2) is 24.4 Å². The molecular formula is C25H19N3O3. The smallest absolute Gasteiger partial charge is 0.407 e. The van der Waals surface area contributed by atoms with Crippen LogP contribution < -0.4 is 11.1 Å². The van der Waals surface area contributed by atoms with E-state index in [1.807, 2.05) is 36.4 Å². The fourth-order valence-corrected chi connectivity index (χ4v) is 3.95. The van der Waals surface area contributed by atoms with Crippen molar-refractivity contribution < 1.29 is 14.1 Å². The maximum absolute atomic E-state index is 12.2. The number of benzene rings is 3. The number of aromatic nitrogens is 1. The van der Waals surface area contributed by atoms with Crippen molar-refractivity contribution in [2.24, 2.45) is 0 Å². The van der Waals surface area contributed by atoms with Gasteiger partial charge in [-0.3, -0.25) is 0 Å². The van der Waals surface area contributed by atoms with Crippen LogP contribution in [0.5, 0.6) is 0 Å². The number of amides is 1. The molecule has 0 aliphatic heterocycles. The third kappa shape index (κ3) is 3.58. The van der Waals surface area contributed by atoms with E-state index >= 15 is 0 Å². The zero-order chi connectivity index (χ0) is 21.2. The molecule has 1 aliphatic carbocycles. The number of hydrogen-bond acceptors (Lipinski definition) is 5. The number of rotatable bonds is 3. The summed E-state index contributed by atoms with van der Waals surface area (Å²) in [6.45, 7) is 0.449. The van der Waals surface area contributed by atoms with Gasteiger partial charge in [0.05, 0.1) is 11.9 Å². The minimum Gasteiger partial charge on any atom is -0.449 e. The molecule has 31 heavy (non-hydrogen) atoms. The van der Waals surface area contributed by atoms with E-state index < -0.39 is 6.09 Å². The Hall–Kier alpha value is -4.24. The molecule has 1 aliphatic rings. The van der Waals surface area contributed by atoms with Crippen molar-refractivity contribution in [2.45, 2.75) is 5.92 Å². The maximum atomic E-state index is 12.2. The van der Waals surface area contributed by atoms with Crippen molar-refractivity contribution in [3.63, 3.8) is 0 Å². The zero-order valence-electron chi connectivity index (χ0n) is 16.6. The van der Waals surface area contributed by atoms with Gasteiger partial charge in [-0.05, 0) is 40.5 Å². The highest BCUT2D eigenvalue weighted by Gasteiger charge is 2.28. The zero-order valence-corrected chi connectivity index (χ0v) is 16.6. The first-order chi connectivity index (χ1) is 15.2. The number of ether oxygens (including phenoxy) is 1. The largest absolute Gasteiger partial charge is 0.449 e. The molecule has 0 radical (unpaired) electrons. The number of anilines is 1. The number of fused-ring (bicyclic) bond motifs is 4. The highest BCUT2D eigenvalue weighted by Crippen LogP contribution is 2.44. The molecular weight excluding hydrogens is 390 g/mol. The SMILES string of the molecule is Nc1noc2ccc(C#CCNC(=O)OCC3c4ccccc4-c4ccccc43)cc12. The summed E-state index contributed by atoms with van der Waals surface area (Å²) in [5.74, 6) is 6.26. The Bertz CT molecular complexity index is 1300. The molecule has 0 unspecified atom stereocenters. The Balaban J connectivity index is 1.19. The van der Waals surface area contributed by atoms with Gasteiger partial charge in [0, 0.05) is 11.5 Å². The van der Waals surface area contributed by atoms with Crippen molar-refractivity contribution in [3.05, 3.63) is 83.4 Å². The van der Waals surface area contributed by atoms with Crippen LogP contribution in [0, 0.1) is 11.8 Å². The van der Waals surface area contributed by atoms with Crippen LogP contribution in [0.4, 0.5) is 10.6 Å². The topological polar surface area (TPSA) is 90.4 Å². The second-order valence-electron chi connectivity index (χ2n) is 7.26. The van der Waals surface area contributed by atoms with E-state index in [9.17, 15) is 4.79 Å². The molecule has 1 heterocycles. The Morgan fingerprint density at radius 2 is 1.77 bits per heavy atom. The number of alkyl carbamates (subject to hydrolysis) is 1. The predicted molar refractivity (Wildman–Crippen MR) is 118 cm³/mol. The van der Waals surface area contributed by atoms with Gasteiger partial charge < -0.3 is 20.3 Å². The molecule has 3 aromatic carbocycles. The van der Waals surface area contributed by atoms with Crippen LogP contribution in [0.3, 0.4) is 0 Å². The standard InChI is InChI=1S/C25H19N3O3/c26-24-21-14-16(11-12-23(21)31-28-24)6-5-13-27-25(29)30-15-22-19-9-3-1-7-17(19)18-8-2-4-10-20(18)22/h1-4,7-12,14,22H,13,15H2,(H2,26,28)(H,27,29). The maximum Gasteiger partial charge on any atom is 0.407 e. The van der Waals surface area contributed by atoms with E-state index in [1.165, 1.54) is 22.3 Å². The number of nitrogens with zero attached hydrogens (tertiary/aromatic N) is 1. The number of nitrogens with one attached hydrogen (secondary N) is 1. The highest BCUT2D eigenvalue weighted by atomic mass is 16.5. The summed E-state index contributed by atoms with van der Waals surface area (Å²) < 4.78 is 10.6. The molecule has 1 aromatic heterocycles. The van der Waals surface area contributed by atoms with Crippen LogP contribution in [0.1, 0.15) is 22.6 Å². The lowest BCUT2D eigenvalue weighted by molar-refractivity contribution is 0.144. The van der Waals surface area contributed by atoms with Gasteiger partial charge in [-0.15, -0.1) is 0 Å². The molecule has 0 atom stereocenters. The van der Waals surface area contributed by atoms with Gasteiger partial charge in [-0.1, -0.05) is 65.5 Å². The predicted octanol–water partition coefficient (Wildman–Crippen LogP) is 4.30. The Labute approximate surface area is 179 Å². The molecule has 0 spiro atoms. The molecule has 0 saturated carbocycles. The van der Waals surface area contributed by atoms with Crippen molar-refractivity contribution in [1.82, 2.24) is 10.5 Å². The molecule has 0 bridgehead atoms. The van der Waals surface area contributed by atoms with Crippen molar-refractivity contribution in [1.29, 1.82) is 0 Å². The first-order valence-electron chi connectivity index (χ1n) is 9.93. The summed E-state index contributed by atoms with van der Waals surface area (Å²) in [6.07, 6.45) is -0.491. The Morgan fingerprint density at radius 1 is 1.06 bits per heavy atom. The van der Waals surface area contributed by atoms with Crippen LogP contribution in [-0.2, 0) is 4.74 Å². The van der Waals surface area contributed by atoms with E-state index in [4.69, 9.17) is 15.0 Å². The molecule has 5 rings (SSSR count). The third-order valence-electron chi connectivity index (χ3n) is 5.40. The lowest BCUT2D eigenvalue weighted by Crippen LogP contribution is -2.26. The molecule has 3 N–H and O–H groups in total. The first kappa shape index (κ1) is 18.8. The van der Waals surface area contributed by atoms with Gasteiger partial charge in [-0.25, -0.2) is 4.79 Å². The Morgan fingerprint density at radius 3 is 2.52 bits per heavy atom. The molecule has 6 heteroatoms. The van der Waals surface area contributed by atoms with Gasteiger partial charge in [0.2, 0.25) is 0 Å². The van der Waals surface area contributed by atoms with E-state index in [0.717, 1.165) is 10.9 Å². The van der Waals surface area contributed by atoms with Gasteiger partial charge in [-0.2, -0.15) is 0 Å². The summed E-state index contributed by atoms with van der Waals surface area (Å²) in [4.78, 5) is 12.2. The number of nitrogen functional groups attached to an aromatic ring is 1. The van der Waals surface area contributed by atoms with E-state index in [-0.39, 0.29) is 19.1 Å². The molecule has 0 fully saturated rings. The summed E-state index contributed by atoms with van der Waals surface area (Å²) in [5.41, 5.74) is 11.9. The molecule has 152 valence electrons. The van der Waals surface area contributed by atoms with Gasteiger partial charge in [0.1, 0.15) is 6.61 Å². The highest BCUT2D eigenvalue weighted by molar-refractivity contribution is 5.88. The minimum absolute atomic E-state index is 0.0324. The lowest BCUT2D eigenvalue weighted by Gasteiger charge is -2.14. The van der Waals surface area contributed by atoms with Crippen LogP contribution >= 0.6 is 0 Å². The molecule has 0 saturated heterocycles. The van der Waals surface area contributed by atoms with Crippen molar-refractivity contribution >= 4 is 22.9 Å². The van der Waals surface area contributed by atoms with Gasteiger partial charge >= 0.3 is 6.09 Å². The number of nitrogens with two attached hydrogens (primary N) is 1. The van der Waals surface area contributed by atoms with Crippen LogP contribution in [0.25, 0.3) is 22.1 Å². The van der Waals surface area contributed by atoms with Crippen LogP contribution in [0.2, 0.25) is 0 Å². The second-order valence-corrected chi connectivity index (χ2v) is 7.26. The first-order valence-corrected chi connectivity index (χ1v) is 9.93. The van der Waals surface area contributed by atoms with E-state index in [2.05, 4.69) is 46.6 Å². The normalized spacial score (nSPS) is 12.0. The average Bonchev–Trinajstić information content (AvgIpc) is 3.33. The van der Waals surface area contributed by atoms with Gasteiger partial charge in [0.25, 0.3) is 0 Å². The van der Waals surface area contributed by atoms with E-state index in [1.54, 1.807) is 6.07 Å². The minimum atomic E-state index is -0.491. The third-order valence-corrected chi connectivity index (χ3v) is 5.40. The summed E-state index contributed by atoms with van der Waals surface area (Å²) in [5, 5.41) is 7.12.